The summed E-state index contributed by atoms with van der Waals surface area (Å²) >= 11 is 0. The van der Waals surface area contributed by atoms with Gasteiger partial charge in [-0.2, -0.15) is 0 Å². The van der Waals surface area contributed by atoms with Crippen LogP contribution in [0.1, 0.15) is 78.6 Å². The second-order valence-corrected chi connectivity index (χ2v) is 10.2. The number of carboxylic acid groups (broad SMARTS) is 1. The van der Waals surface area contributed by atoms with Crippen molar-refractivity contribution < 1.29 is 15.0 Å². The maximum atomic E-state index is 12.1. The molecule has 0 heterocycles. The highest BCUT2D eigenvalue weighted by Crippen LogP contribution is 2.73. The summed E-state index contributed by atoms with van der Waals surface area (Å²) in [6.07, 6.45) is 9.52. The fourth-order valence-electron chi connectivity index (χ4n) is 7.88. The van der Waals surface area contributed by atoms with Crippen molar-refractivity contribution >= 4 is 5.97 Å². The average molecular weight is 320 g/mol. The zero-order chi connectivity index (χ0) is 16.7. The Morgan fingerprint density at radius 1 is 1.00 bits per heavy atom. The highest BCUT2D eigenvalue weighted by atomic mass is 16.4. The lowest BCUT2D eigenvalue weighted by Gasteiger charge is -2.64. The van der Waals surface area contributed by atoms with Gasteiger partial charge in [0.25, 0.3) is 0 Å². The monoisotopic (exact) mass is 320 g/mol. The number of fused-ring (bicyclic) bond motifs is 3. The molecule has 1 unspecified atom stereocenters. The minimum absolute atomic E-state index is 0.0935. The number of hydrogen-bond donors (Lipinski definition) is 2. The van der Waals surface area contributed by atoms with Crippen LogP contribution in [0, 0.1) is 33.5 Å². The molecule has 0 aromatic rings. The zero-order valence-corrected chi connectivity index (χ0v) is 14.9. The lowest BCUT2D eigenvalue weighted by Crippen LogP contribution is -2.60. The van der Waals surface area contributed by atoms with E-state index < -0.39 is 11.4 Å². The van der Waals surface area contributed by atoms with Crippen LogP contribution in [-0.4, -0.2) is 22.3 Å². The van der Waals surface area contributed by atoms with Crippen LogP contribution < -0.4 is 0 Å². The number of rotatable bonds is 1. The summed E-state index contributed by atoms with van der Waals surface area (Å²) in [4.78, 5) is 12.1. The molecule has 4 aliphatic rings. The zero-order valence-electron chi connectivity index (χ0n) is 14.9. The van der Waals surface area contributed by atoms with Gasteiger partial charge >= 0.3 is 5.97 Å². The van der Waals surface area contributed by atoms with Crippen molar-refractivity contribution in [1.82, 2.24) is 0 Å². The topological polar surface area (TPSA) is 57.5 Å². The highest BCUT2D eigenvalue weighted by Gasteiger charge is 2.67. The summed E-state index contributed by atoms with van der Waals surface area (Å²) in [7, 11) is 0. The summed E-state index contributed by atoms with van der Waals surface area (Å²) in [5.41, 5.74) is 0.0235. The van der Waals surface area contributed by atoms with Gasteiger partial charge in [-0.1, -0.05) is 20.3 Å². The number of hydrogen-bond acceptors (Lipinski definition) is 2. The summed E-state index contributed by atoms with van der Waals surface area (Å²) in [6.45, 7) is 6.64. The molecule has 7 atom stereocenters. The van der Waals surface area contributed by atoms with E-state index in [2.05, 4.69) is 13.8 Å². The molecule has 0 aromatic carbocycles. The fourth-order valence-corrected chi connectivity index (χ4v) is 7.88. The van der Waals surface area contributed by atoms with E-state index in [9.17, 15) is 15.0 Å². The summed E-state index contributed by atoms with van der Waals surface area (Å²) in [5, 5.41) is 20.7. The van der Waals surface area contributed by atoms with E-state index in [0.717, 1.165) is 44.9 Å². The molecule has 0 aliphatic heterocycles. The molecule has 0 radical (unpaired) electrons. The van der Waals surface area contributed by atoms with Crippen molar-refractivity contribution in [3.05, 3.63) is 0 Å². The van der Waals surface area contributed by atoms with Crippen molar-refractivity contribution in [2.24, 2.45) is 33.5 Å². The number of aliphatic carboxylic acids is 1. The van der Waals surface area contributed by atoms with Crippen molar-refractivity contribution in [2.45, 2.75) is 84.7 Å². The Morgan fingerprint density at radius 3 is 2.43 bits per heavy atom. The molecule has 4 rings (SSSR count). The van der Waals surface area contributed by atoms with Gasteiger partial charge in [-0.15, -0.1) is 0 Å². The average Bonchev–Trinajstić information content (AvgIpc) is 2.76. The number of aliphatic hydroxyl groups excluding tert-OH is 1. The predicted octanol–water partition coefficient (Wildman–Crippen LogP) is 4.23. The normalized spacial score (nSPS) is 58.3. The molecule has 23 heavy (non-hydrogen) atoms. The Morgan fingerprint density at radius 2 is 1.74 bits per heavy atom. The number of aliphatic hydroxyl groups is 1. The maximum Gasteiger partial charge on any atom is 0.309 e. The van der Waals surface area contributed by atoms with Crippen LogP contribution in [0.3, 0.4) is 0 Å². The van der Waals surface area contributed by atoms with E-state index in [-0.39, 0.29) is 22.9 Å². The van der Waals surface area contributed by atoms with Crippen molar-refractivity contribution in [1.29, 1.82) is 0 Å². The van der Waals surface area contributed by atoms with Gasteiger partial charge in [-0.25, -0.2) is 0 Å². The van der Waals surface area contributed by atoms with Crippen LogP contribution in [0.5, 0.6) is 0 Å². The first-order valence-electron chi connectivity index (χ1n) is 9.58. The minimum atomic E-state index is -0.600. The van der Waals surface area contributed by atoms with E-state index in [1.165, 1.54) is 12.8 Å². The molecule has 3 heteroatoms. The van der Waals surface area contributed by atoms with Gasteiger partial charge in [0.2, 0.25) is 0 Å². The third-order valence-electron chi connectivity index (χ3n) is 9.14. The molecule has 3 nitrogen and oxygen atoms in total. The van der Waals surface area contributed by atoms with Crippen LogP contribution in [0.25, 0.3) is 0 Å². The van der Waals surface area contributed by atoms with Crippen LogP contribution in [0.2, 0.25) is 0 Å². The molecule has 130 valence electrons. The van der Waals surface area contributed by atoms with Gasteiger partial charge in [0.1, 0.15) is 0 Å². The van der Waals surface area contributed by atoms with Gasteiger partial charge in [0.15, 0.2) is 0 Å². The first kappa shape index (κ1) is 15.9. The summed E-state index contributed by atoms with van der Waals surface area (Å²) in [5.74, 6) is 0.185. The summed E-state index contributed by atoms with van der Waals surface area (Å²) in [6, 6.07) is 0. The Bertz CT molecular complexity index is 545. The van der Waals surface area contributed by atoms with E-state index >= 15 is 0 Å². The second-order valence-electron chi connectivity index (χ2n) is 10.2. The Labute approximate surface area is 139 Å². The molecule has 0 aromatic heterocycles. The van der Waals surface area contributed by atoms with E-state index in [1.807, 2.05) is 6.92 Å². The van der Waals surface area contributed by atoms with Gasteiger partial charge in [-0.3, -0.25) is 4.79 Å². The molecular weight excluding hydrogens is 288 g/mol. The largest absolute Gasteiger partial charge is 0.481 e. The van der Waals surface area contributed by atoms with E-state index in [4.69, 9.17) is 0 Å². The molecule has 4 aliphatic carbocycles. The second kappa shape index (κ2) is 4.53. The first-order valence-corrected chi connectivity index (χ1v) is 9.58. The van der Waals surface area contributed by atoms with Crippen molar-refractivity contribution in [3.8, 4) is 0 Å². The first-order chi connectivity index (χ1) is 10.7. The van der Waals surface area contributed by atoms with Crippen molar-refractivity contribution in [3.63, 3.8) is 0 Å². The van der Waals surface area contributed by atoms with Gasteiger partial charge < -0.3 is 10.2 Å². The quantitative estimate of drug-likeness (QED) is 0.760. The fraction of sp³-hybridized carbons (Fsp3) is 0.950. The van der Waals surface area contributed by atoms with Crippen LogP contribution in [0.15, 0.2) is 0 Å². The third kappa shape index (κ3) is 1.83. The molecule has 4 saturated carbocycles. The SMILES string of the molecule is C[C@]12CC[C@@]3(CC[C@@H]4[C@](C)(C(=O)O)CCC[C@@]4(C)C3C[C@H]1O)C2. The van der Waals surface area contributed by atoms with E-state index in [1.54, 1.807) is 0 Å². The Kier molecular flexibility index (Phi) is 3.14. The Balaban J connectivity index is 1.76. The van der Waals surface area contributed by atoms with E-state index in [0.29, 0.717) is 11.3 Å². The molecule has 0 amide bonds. The standard InChI is InChI=1S/C20H32O3/c1-17-9-10-20(12-17)8-5-13-18(2,14(20)11-15(17)21)6-4-7-19(13,3)16(22)23/h13-15,21H,4-12H2,1-3H3,(H,22,23)/t13-,14?,15+,17+,18+,19+,20-/m0/s1. The van der Waals surface area contributed by atoms with Gasteiger partial charge in [-0.05, 0) is 86.4 Å². The summed E-state index contributed by atoms with van der Waals surface area (Å²) < 4.78 is 0. The van der Waals surface area contributed by atoms with Crippen LogP contribution in [-0.2, 0) is 4.79 Å². The maximum absolute atomic E-state index is 12.1. The van der Waals surface area contributed by atoms with Crippen molar-refractivity contribution in [2.75, 3.05) is 0 Å². The molecule has 4 fully saturated rings. The molecular formula is C20H32O3. The molecule has 0 saturated heterocycles. The number of carbonyl (C=O) groups is 1. The lowest BCUT2D eigenvalue weighted by molar-refractivity contribution is -0.191. The minimum Gasteiger partial charge on any atom is -0.481 e. The predicted molar refractivity (Wildman–Crippen MR) is 88.9 cm³/mol. The van der Waals surface area contributed by atoms with Crippen LogP contribution in [0.4, 0.5) is 0 Å². The number of carboxylic acids is 1. The Hall–Kier alpha value is -0.570. The lowest BCUT2D eigenvalue weighted by atomic mass is 9.40. The highest BCUT2D eigenvalue weighted by molar-refractivity contribution is 5.75. The van der Waals surface area contributed by atoms with Gasteiger partial charge in [0, 0.05) is 0 Å². The van der Waals surface area contributed by atoms with Crippen LogP contribution >= 0.6 is 0 Å². The third-order valence-corrected chi connectivity index (χ3v) is 9.14. The van der Waals surface area contributed by atoms with Gasteiger partial charge in [0.05, 0.1) is 11.5 Å². The molecule has 2 N–H and O–H groups in total. The molecule has 2 bridgehead atoms. The molecule has 1 spiro atoms. The smallest absolute Gasteiger partial charge is 0.309 e.